The van der Waals surface area contributed by atoms with Gasteiger partial charge in [-0.15, -0.1) is 24.0 Å². The zero-order valence-corrected chi connectivity index (χ0v) is 12.5. The van der Waals surface area contributed by atoms with E-state index in [0.29, 0.717) is 12.5 Å². The first-order valence-electron chi connectivity index (χ1n) is 5.53. The summed E-state index contributed by atoms with van der Waals surface area (Å²) in [4.78, 5) is 15.2. The molecule has 1 amide bonds. The number of halogens is 1. The van der Waals surface area contributed by atoms with Crippen LogP contribution in [0.15, 0.2) is 17.1 Å². The topological polar surface area (TPSA) is 79.5 Å². The highest BCUT2D eigenvalue weighted by Gasteiger charge is 2.21. The Morgan fingerprint density at radius 1 is 1.47 bits per heavy atom. The smallest absolute Gasteiger partial charge is 0.241 e. The van der Waals surface area contributed by atoms with Crippen LogP contribution in [0.5, 0.6) is 0 Å². The van der Waals surface area contributed by atoms with Gasteiger partial charge in [0.15, 0.2) is 5.96 Å². The van der Waals surface area contributed by atoms with Gasteiger partial charge in [-0.1, -0.05) is 12.2 Å². The average molecular weight is 352 g/mol. The van der Waals surface area contributed by atoms with Crippen LogP contribution in [-0.2, 0) is 4.79 Å². The summed E-state index contributed by atoms with van der Waals surface area (Å²) in [6.07, 6.45) is 2.46. The fourth-order valence-corrected chi connectivity index (χ4v) is 1.09. The van der Waals surface area contributed by atoms with Crippen molar-refractivity contribution in [3.8, 4) is 0 Å². The normalized spacial score (nSPS) is 14.8. The van der Waals surface area contributed by atoms with Crippen LogP contribution in [0, 0.1) is 5.92 Å². The highest BCUT2D eigenvalue weighted by molar-refractivity contribution is 14.0. The van der Waals surface area contributed by atoms with Crippen molar-refractivity contribution in [2.45, 2.75) is 19.8 Å². The molecule has 98 valence electrons. The zero-order chi connectivity index (χ0) is 12.0. The number of carbonyl (C=O) groups excluding carboxylic acids is 1. The second-order valence-corrected chi connectivity index (χ2v) is 4.26. The van der Waals surface area contributed by atoms with Gasteiger partial charge in [0.1, 0.15) is 6.54 Å². The quantitative estimate of drug-likeness (QED) is 0.284. The maximum absolute atomic E-state index is 11.3. The summed E-state index contributed by atoms with van der Waals surface area (Å²) in [6.45, 7) is 7.06. The van der Waals surface area contributed by atoms with Gasteiger partial charge in [-0.25, -0.2) is 4.99 Å². The Morgan fingerprint density at radius 3 is 2.65 bits per heavy atom. The lowest BCUT2D eigenvalue weighted by atomic mass is 10.3. The number of hydrogen-bond donors (Lipinski definition) is 3. The molecule has 1 rings (SSSR count). The molecular formula is C11H21IN4O. The summed E-state index contributed by atoms with van der Waals surface area (Å²) in [5.41, 5.74) is 6.53. The van der Waals surface area contributed by atoms with Gasteiger partial charge >= 0.3 is 0 Å². The molecule has 0 spiro atoms. The van der Waals surface area contributed by atoms with E-state index < -0.39 is 0 Å². The van der Waals surface area contributed by atoms with Crippen LogP contribution in [0.25, 0.3) is 0 Å². The molecule has 17 heavy (non-hydrogen) atoms. The molecule has 6 heteroatoms. The largest absolute Gasteiger partial charge is 0.370 e. The monoisotopic (exact) mass is 352 g/mol. The van der Waals surface area contributed by atoms with Crippen LogP contribution in [0.3, 0.4) is 0 Å². The van der Waals surface area contributed by atoms with Crippen molar-refractivity contribution in [2.24, 2.45) is 16.6 Å². The minimum Gasteiger partial charge on any atom is -0.370 e. The van der Waals surface area contributed by atoms with E-state index in [0.717, 1.165) is 12.1 Å². The minimum absolute atomic E-state index is 0. The molecule has 1 fully saturated rings. The molecule has 0 aromatic rings. The number of nitrogens with one attached hydrogen (secondary N) is 2. The molecule has 1 aliphatic rings. The van der Waals surface area contributed by atoms with E-state index in [1.807, 2.05) is 6.92 Å². The first-order valence-corrected chi connectivity index (χ1v) is 5.53. The molecule has 0 aliphatic heterocycles. The van der Waals surface area contributed by atoms with Crippen LogP contribution >= 0.6 is 24.0 Å². The number of nitrogens with two attached hydrogens (primary N) is 1. The van der Waals surface area contributed by atoms with Gasteiger partial charge in [-0.2, -0.15) is 0 Å². The molecule has 0 aromatic heterocycles. The SMILES string of the molecule is C=C(C)CNC(N)=NCC(=O)NCC1CC1.I. The zero-order valence-electron chi connectivity index (χ0n) is 10.2. The average Bonchev–Trinajstić information content (AvgIpc) is 3.04. The maximum atomic E-state index is 11.3. The number of nitrogens with zero attached hydrogens (tertiary/aromatic N) is 1. The fraction of sp³-hybridized carbons (Fsp3) is 0.636. The molecule has 0 atom stereocenters. The van der Waals surface area contributed by atoms with Crippen molar-refractivity contribution < 1.29 is 4.79 Å². The first-order chi connectivity index (χ1) is 7.58. The summed E-state index contributed by atoms with van der Waals surface area (Å²) in [6, 6.07) is 0. The molecule has 0 radical (unpaired) electrons. The molecule has 0 saturated heterocycles. The lowest BCUT2D eigenvalue weighted by Gasteiger charge is -2.05. The second-order valence-electron chi connectivity index (χ2n) is 4.26. The van der Waals surface area contributed by atoms with Gasteiger partial charge in [0, 0.05) is 13.1 Å². The number of rotatable bonds is 6. The molecule has 1 aliphatic carbocycles. The third-order valence-electron chi connectivity index (χ3n) is 2.25. The predicted octanol–water partition coefficient (Wildman–Crippen LogP) is 0.611. The van der Waals surface area contributed by atoms with Crippen molar-refractivity contribution in [3.05, 3.63) is 12.2 Å². The summed E-state index contributed by atoms with van der Waals surface area (Å²) < 4.78 is 0. The standard InChI is InChI=1S/C11H20N4O.HI/c1-8(2)5-14-11(12)15-7-10(16)13-6-9-3-4-9;/h9H,1,3-7H2,2H3,(H,13,16)(H3,12,14,15);1H. The molecule has 0 aromatic carbocycles. The Hall–Kier alpha value is -0.790. The van der Waals surface area contributed by atoms with Crippen molar-refractivity contribution in [2.75, 3.05) is 19.6 Å². The van der Waals surface area contributed by atoms with E-state index in [2.05, 4.69) is 22.2 Å². The Morgan fingerprint density at radius 2 is 2.12 bits per heavy atom. The van der Waals surface area contributed by atoms with Gasteiger partial charge in [-0.05, 0) is 25.7 Å². The van der Waals surface area contributed by atoms with Crippen LogP contribution in [-0.4, -0.2) is 31.5 Å². The Kier molecular flexibility index (Phi) is 7.94. The van der Waals surface area contributed by atoms with Crippen molar-refractivity contribution in [1.29, 1.82) is 0 Å². The van der Waals surface area contributed by atoms with Crippen LogP contribution in [0.4, 0.5) is 0 Å². The molecular weight excluding hydrogens is 331 g/mol. The van der Waals surface area contributed by atoms with Crippen LogP contribution < -0.4 is 16.4 Å². The molecule has 4 N–H and O–H groups in total. The molecule has 5 nitrogen and oxygen atoms in total. The summed E-state index contributed by atoms with van der Waals surface area (Å²) >= 11 is 0. The number of aliphatic imine (C=N–C) groups is 1. The van der Waals surface area contributed by atoms with E-state index in [9.17, 15) is 4.79 Å². The molecule has 0 unspecified atom stereocenters. The summed E-state index contributed by atoms with van der Waals surface area (Å²) in [7, 11) is 0. The fourth-order valence-electron chi connectivity index (χ4n) is 1.09. The second kappa shape index (κ2) is 8.32. The van der Waals surface area contributed by atoms with E-state index in [1.165, 1.54) is 12.8 Å². The van der Waals surface area contributed by atoms with E-state index >= 15 is 0 Å². The number of carbonyl (C=O) groups is 1. The van der Waals surface area contributed by atoms with E-state index in [1.54, 1.807) is 0 Å². The highest BCUT2D eigenvalue weighted by Crippen LogP contribution is 2.27. The van der Waals surface area contributed by atoms with Crippen LogP contribution in [0.2, 0.25) is 0 Å². The Labute approximate surface area is 119 Å². The minimum atomic E-state index is -0.0769. The number of hydrogen-bond acceptors (Lipinski definition) is 2. The lowest BCUT2D eigenvalue weighted by Crippen LogP contribution is -2.35. The number of guanidine groups is 1. The highest BCUT2D eigenvalue weighted by atomic mass is 127. The Bertz CT molecular complexity index is 300. The first kappa shape index (κ1) is 16.2. The molecule has 0 heterocycles. The van der Waals surface area contributed by atoms with Gasteiger partial charge < -0.3 is 16.4 Å². The summed E-state index contributed by atoms with van der Waals surface area (Å²) in [5.74, 6) is 0.892. The third kappa shape index (κ3) is 8.96. The third-order valence-corrected chi connectivity index (χ3v) is 2.25. The molecule has 1 saturated carbocycles. The molecule has 0 bridgehead atoms. The van der Waals surface area contributed by atoms with E-state index in [4.69, 9.17) is 5.73 Å². The van der Waals surface area contributed by atoms with Crippen molar-refractivity contribution in [1.82, 2.24) is 10.6 Å². The van der Waals surface area contributed by atoms with E-state index in [-0.39, 0.29) is 42.4 Å². The Balaban J connectivity index is 0.00000256. The maximum Gasteiger partial charge on any atom is 0.241 e. The lowest BCUT2D eigenvalue weighted by molar-refractivity contribution is -0.119. The summed E-state index contributed by atoms with van der Waals surface area (Å²) in [5, 5.41) is 5.68. The predicted molar refractivity (Wildman–Crippen MR) is 80.5 cm³/mol. The number of amides is 1. The van der Waals surface area contributed by atoms with Gasteiger partial charge in [0.2, 0.25) is 5.91 Å². The van der Waals surface area contributed by atoms with Gasteiger partial charge in [0.05, 0.1) is 0 Å². The van der Waals surface area contributed by atoms with Crippen molar-refractivity contribution in [3.63, 3.8) is 0 Å². The van der Waals surface area contributed by atoms with Crippen LogP contribution in [0.1, 0.15) is 19.8 Å². The van der Waals surface area contributed by atoms with Gasteiger partial charge in [-0.3, -0.25) is 4.79 Å². The van der Waals surface area contributed by atoms with Gasteiger partial charge in [0.25, 0.3) is 0 Å². The van der Waals surface area contributed by atoms with Crippen molar-refractivity contribution >= 4 is 35.8 Å².